The predicted octanol–water partition coefficient (Wildman–Crippen LogP) is 1.83. The summed E-state index contributed by atoms with van der Waals surface area (Å²) in [6, 6.07) is 2.06. The van der Waals surface area contributed by atoms with E-state index in [1.165, 1.54) is 7.05 Å². The maximum Gasteiger partial charge on any atom is 0.356 e. The van der Waals surface area contributed by atoms with Gasteiger partial charge < -0.3 is 14.6 Å². The number of ether oxygens (including phenoxy) is 2. The highest BCUT2D eigenvalue weighted by atomic mass is 19.2. The molecular weight excluding hydrogens is 286 g/mol. The van der Waals surface area contributed by atoms with Crippen LogP contribution in [0.4, 0.5) is 8.78 Å². The molecule has 1 aromatic carbocycles. The van der Waals surface area contributed by atoms with Crippen LogP contribution in [-0.4, -0.2) is 34.1 Å². The van der Waals surface area contributed by atoms with Crippen molar-refractivity contribution in [3.8, 4) is 22.8 Å². The van der Waals surface area contributed by atoms with E-state index < -0.39 is 17.6 Å². The van der Waals surface area contributed by atoms with E-state index in [9.17, 15) is 13.6 Å². The van der Waals surface area contributed by atoms with E-state index in [1.54, 1.807) is 0 Å². The van der Waals surface area contributed by atoms with E-state index in [0.717, 1.165) is 16.8 Å². The van der Waals surface area contributed by atoms with E-state index in [0.29, 0.717) is 0 Å². The molecule has 0 aliphatic carbocycles. The SMILES string of the molecule is Cn1nc(C(=O)O)cc1-c1c(F)c(F)cc2c1OCCO2. The van der Waals surface area contributed by atoms with Gasteiger partial charge in [-0.25, -0.2) is 13.6 Å². The molecule has 0 saturated heterocycles. The molecule has 0 spiro atoms. The molecular formula is C13H10F2N2O4. The minimum Gasteiger partial charge on any atom is -0.486 e. The summed E-state index contributed by atoms with van der Waals surface area (Å²) in [7, 11) is 1.43. The average molecular weight is 296 g/mol. The predicted molar refractivity (Wildman–Crippen MR) is 66.5 cm³/mol. The van der Waals surface area contributed by atoms with Crippen molar-refractivity contribution in [2.45, 2.75) is 0 Å². The molecule has 0 radical (unpaired) electrons. The molecule has 0 amide bonds. The number of hydrogen-bond donors (Lipinski definition) is 1. The van der Waals surface area contributed by atoms with Gasteiger partial charge in [0, 0.05) is 13.1 Å². The fourth-order valence-electron chi connectivity index (χ4n) is 2.17. The maximum absolute atomic E-state index is 14.2. The summed E-state index contributed by atoms with van der Waals surface area (Å²) in [6.45, 7) is 0.415. The minimum absolute atomic E-state index is 0.0417. The van der Waals surface area contributed by atoms with Gasteiger partial charge in [0.2, 0.25) is 0 Å². The number of halogens is 2. The van der Waals surface area contributed by atoms with Crippen molar-refractivity contribution in [3.05, 3.63) is 29.5 Å². The van der Waals surface area contributed by atoms with Gasteiger partial charge in [-0.05, 0) is 6.07 Å². The van der Waals surface area contributed by atoms with Gasteiger partial charge in [-0.2, -0.15) is 5.10 Å². The molecule has 2 aromatic rings. The molecule has 0 bridgehead atoms. The third-order valence-electron chi connectivity index (χ3n) is 3.08. The first-order valence-electron chi connectivity index (χ1n) is 6.04. The summed E-state index contributed by atoms with van der Waals surface area (Å²) >= 11 is 0. The Morgan fingerprint density at radius 3 is 2.71 bits per heavy atom. The Kier molecular flexibility index (Phi) is 3.00. The summed E-state index contributed by atoms with van der Waals surface area (Å²) in [6.07, 6.45) is 0. The van der Waals surface area contributed by atoms with Crippen molar-refractivity contribution in [1.82, 2.24) is 9.78 Å². The summed E-state index contributed by atoms with van der Waals surface area (Å²) in [5.74, 6) is -3.39. The van der Waals surface area contributed by atoms with Crippen LogP contribution in [0.2, 0.25) is 0 Å². The largest absolute Gasteiger partial charge is 0.486 e. The van der Waals surface area contributed by atoms with Gasteiger partial charge in [-0.3, -0.25) is 4.68 Å². The topological polar surface area (TPSA) is 73.6 Å². The average Bonchev–Trinajstić information content (AvgIpc) is 2.82. The number of carboxylic acids is 1. The Balaban J connectivity index is 2.26. The van der Waals surface area contributed by atoms with Crippen molar-refractivity contribution in [3.63, 3.8) is 0 Å². The summed E-state index contributed by atoms with van der Waals surface area (Å²) in [5.41, 5.74) is -0.389. The minimum atomic E-state index is -1.26. The highest BCUT2D eigenvalue weighted by Gasteiger charge is 2.27. The molecule has 2 heterocycles. The molecule has 1 aliphatic heterocycles. The lowest BCUT2D eigenvalue weighted by molar-refractivity contribution is 0.0689. The Hall–Kier alpha value is -2.64. The van der Waals surface area contributed by atoms with Crippen molar-refractivity contribution < 1.29 is 28.2 Å². The molecule has 3 rings (SSSR count). The molecule has 21 heavy (non-hydrogen) atoms. The molecule has 8 heteroatoms. The number of aryl methyl sites for hydroxylation is 1. The standard InChI is InChI=1S/C13H10F2N2O4/c1-17-8(5-7(16-17)13(18)19)10-11(15)6(14)4-9-12(10)21-3-2-20-9/h4-5H,2-3H2,1H3,(H,18,19). The summed E-state index contributed by atoms with van der Waals surface area (Å²) in [4.78, 5) is 10.9. The Morgan fingerprint density at radius 1 is 1.33 bits per heavy atom. The molecule has 1 N–H and O–H groups in total. The van der Waals surface area contributed by atoms with Crippen molar-refractivity contribution in [2.24, 2.45) is 7.05 Å². The number of aromatic nitrogens is 2. The second-order valence-electron chi connectivity index (χ2n) is 4.42. The summed E-state index contributed by atoms with van der Waals surface area (Å²) in [5, 5.41) is 12.7. The van der Waals surface area contributed by atoms with Crippen molar-refractivity contribution in [1.29, 1.82) is 0 Å². The highest BCUT2D eigenvalue weighted by Crippen LogP contribution is 2.42. The molecule has 0 unspecified atom stereocenters. The molecule has 1 aromatic heterocycles. The fourth-order valence-corrected chi connectivity index (χ4v) is 2.17. The zero-order chi connectivity index (χ0) is 15.1. The number of nitrogens with zero attached hydrogens (tertiary/aromatic N) is 2. The zero-order valence-electron chi connectivity index (χ0n) is 10.9. The number of aromatic carboxylic acids is 1. The normalized spacial score (nSPS) is 13.3. The fraction of sp³-hybridized carbons (Fsp3) is 0.231. The van der Waals surface area contributed by atoms with Crippen LogP contribution in [0.25, 0.3) is 11.3 Å². The van der Waals surface area contributed by atoms with Crippen LogP contribution in [0.3, 0.4) is 0 Å². The highest BCUT2D eigenvalue weighted by molar-refractivity contribution is 5.87. The second kappa shape index (κ2) is 4.72. The van der Waals surface area contributed by atoms with Crippen LogP contribution < -0.4 is 9.47 Å². The number of rotatable bonds is 2. The monoisotopic (exact) mass is 296 g/mol. The van der Waals surface area contributed by atoms with Crippen LogP contribution in [0.5, 0.6) is 11.5 Å². The van der Waals surface area contributed by atoms with E-state index in [-0.39, 0.29) is 41.7 Å². The number of fused-ring (bicyclic) bond motifs is 1. The molecule has 0 fully saturated rings. The van der Waals surface area contributed by atoms with Crippen molar-refractivity contribution in [2.75, 3.05) is 13.2 Å². The first-order valence-corrected chi connectivity index (χ1v) is 6.04. The maximum atomic E-state index is 14.2. The van der Waals surface area contributed by atoms with Gasteiger partial charge >= 0.3 is 5.97 Å². The lowest BCUT2D eigenvalue weighted by Crippen LogP contribution is -2.17. The number of hydrogen-bond acceptors (Lipinski definition) is 4. The van der Waals surface area contributed by atoms with Gasteiger partial charge in [-0.1, -0.05) is 0 Å². The third-order valence-corrected chi connectivity index (χ3v) is 3.08. The lowest BCUT2D eigenvalue weighted by atomic mass is 10.1. The molecule has 0 atom stereocenters. The van der Waals surface area contributed by atoms with Crippen LogP contribution >= 0.6 is 0 Å². The van der Waals surface area contributed by atoms with Gasteiger partial charge in [0.15, 0.2) is 28.8 Å². The van der Waals surface area contributed by atoms with Crippen LogP contribution in [-0.2, 0) is 7.05 Å². The zero-order valence-corrected chi connectivity index (χ0v) is 10.9. The second-order valence-corrected chi connectivity index (χ2v) is 4.42. The van der Waals surface area contributed by atoms with Gasteiger partial charge in [0.1, 0.15) is 13.2 Å². The van der Waals surface area contributed by atoms with E-state index in [2.05, 4.69) is 5.10 Å². The van der Waals surface area contributed by atoms with E-state index in [4.69, 9.17) is 14.6 Å². The smallest absolute Gasteiger partial charge is 0.356 e. The number of carbonyl (C=O) groups is 1. The quantitative estimate of drug-likeness (QED) is 0.915. The summed E-state index contributed by atoms with van der Waals surface area (Å²) < 4.78 is 39.6. The van der Waals surface area contributed by atoms with Crippen LogP contribution in [0, 0.1) is 11.6 Å². The van der Waals surface area contributed by atoms with Gasteiger partial charge in [-0.15, -0.1) is 0 Å². The van der Waals surface area contributed by atoms with Gasteiger partial charge in [0.25, 0.3) is 0 Å². The molecule has 0 saturated carbocycles. The number of benzene rings is 1. The number of carboxylic acid groups (broad SMARTS) is 1. The Labute approximate surface area is 117 Å². The van der Waals surface area contributed by atoms with Crippen LogP contribution in [0.1, 0.15) is 10.5 Å². The first kappa shape index (κ1) is 13.3. The van der Waals surface area contributed by atoms with E-state index >= 15 is 0 Å². The molecule has 1 aliphatic rings. The Bertz CT molecular complexity index is 742. The Morgan fingerprint density at radius 2 is 2.05 bits per heavy atom. The first-order chi connectivity index (χ1) is 9.99. The van der Waals surface area contributed by atoms with E-state index in [1.807, 2.05) is 0 Å². The van der Waals surface area contributed by atoms with Crippen LogP contribution in [0.15, 0.2) is 12.1 Å². The van der Waals surface area contributed by atoms with Gasteiger partial charge in [0.05, 0.1) is 11.3 Å². The van der Waals surface area contributed by atoms with Crippen molar-refractivity contribution >= 4 is 5.97 Å². The third kappa shape index (κ3) is 2.08. The molecule has 6 nitrogen and oxygen atoms in total. The molecule has 110 valence electrons. The lowest BCUT2D eigenvalue weighted by Gasteiger charge is -2.21.